The van der Waals surface area contributed by atoms with E-state index in [-0.39, 0.29) is 17.0 Å². The minimum atomic E-state index is -3.40. The maximum Gasteiger partial charge on any atom is 0.387 e. The first kappa shape index (κ1) is 21.7. The van der Waals surface area contributed by atoms with Crippen molar-refractivity contribution in [3.8, 4) is 23.1 Å². The van der Waals surface area contributed by atoms with Gasteiger partial charge in [0, 0.05) is 23.2 Å². The molecule has 0 spiro atoms. The van der Waals surface area contributed by atoms with Gasteiger partial charge in [-0.05, 0) is 61.9 Å². The van der Waals surface area contributed by atoms with E-state index in [1.807, 2.05) is 4.57 Å². The van der Waals surface area contributed by atoms with E-state index in [1.54, 1.807) is 36.4 Å². The van der Waals surface area contributed by atoms with Gasteiger partial charge in [-0.3, -0.25) is 4.72 Å². The summed E-state index contributed by atoms with van der Waals surface area (Å²) in [6, 6.07) is 14.1. The highest BCUT2D eigenvalue weighted by atomic mass is 32.2. The number of anilines is 1. The molecule has 2 fully saturated rings. The molecule has 9 heteroatoms. The van der Waals surface area contributed by atoms with Gasteiger partial charge in [-0.2, -0.15) is 14.0 Å². The standard InChI is InChI=1S/C24H23F2N3O3S/c25-24(26)32-18-11-12-20-21(14-27)23(29(22(20)13-18)17-3-1-4-17)15-7-9-16(10-8-15)28-33(30,31)19-5-2-6-19/h7-13,17,19,24,28H,1-6H2. The Hall–Kier alpha value is -3.12. The Labute approximate surface area is 190 Å². The summed E-state index contributed by atoms with van der Waals surface area (Å²) in [7, 11) is -3.40. The van der Waals surface area contributed by atoms with Crippen LogP contribution in [0.25, 0.3) is 22.2 Å². The monoisotopic (exact) mass is 471 g/mol. The van der Waals surface area contributed by atoms with E-state index < -0.39 is 16.6 Å². The molecule has 3 aromatic rings. The van der Waals surface area contributed by atoms with Crippen LogP contribution in [0.1, 0.15) is 50.1 Å². The number of ether oxygens (including phenoxy) is 1. The van der Waals surface area contributed by atoms with Gasteiger partial charge in [-0.1, -0.05) is 18.6 Å². The predicted molar refractivity (Wildman–Crippen MR) is 122 cm³/mol. The lowest BCUT2D eigenvalue weighted by molar-refractivity contribution is -0.0497. The Morgan fingerprint density at radius 1 is 1.06 bits per heavy atom. The van der Waals surface area contributed by atoms with Crippen molar-refractivity contribution >= 4 is 26.6 Å². The van der Waals surface area contributed by atoms with Crippen LogP contribution in [0.3, 0.4) is 0 Å². The zero-order valence-corrected chi connectivity index (χ0v) is 18.6. The van der Waals surface area contributed by atoms with Gasteiger partial charge in [-0.15, -0.1) is 0 Å². The zero-order valence-electron chi connectivity index (χ0n) is 17.8. The summed E-state index contributed by atoms with van der Waals surface area (Å²) >= 11 is 0. The summed E-state index contributed by atoms with van der Waals surface area (Å²) in [5, 5.41) is 10.3. The minimum absolute atomic E-state index is 0.0485. The number of hydrogen-bond donors (Lipinski definition) is 1. The molecule has 6 nitrogen and oxygen atoms in total. The molecule has 0 aliphatic heterocycles. The highest BCUT2D eigenvalue weighted by Crippen LogP contribution is 2.43. The molecule has 0 atom stereocenters. The molecule has 2 aromatic carbocycles. The van der Waals surface area contributed by atoms with Crippen molar-refractivity contribution in [1.29, 1.82) is 5.26 Å². The summed E-state index contributed by atoms with van der Waals surface area (Å²) in [4.78, 5) is 0. The molecule has 2 aliphatic rings. The summed E-state index contributed by atoms with van der Waals surface area (Å²) < 4.78 is 59.7. The second-order valence-electron chi connectivity index (χ2n) is 8.62. The molecular formula is C24H23F2N3O3S. The van der Waals surface area contributed by atoms with Crippen LogP contribution in [-0.2, 0) is 10.0 Å². The van der Waals surface area contributed by atoms with Gasteiger partial charge in [0.15, 0.2) is 0 Å². The SMILES string of the molecule is N#Cc1c(-c2ccc(NS(=O)(=O)C3CCC3)cc2)n(C2CCC2)c2cc(OC(F)F)ccc12. The summed E-state index contributed by atoms with van der Waals surface area (Å²) in [5.74, 6) is 0.0485. The topological polar surface area (TPSA) is 84.1 Å². The van der Waals surface area contributed by atoms with Gasteiger partial charge >= 0.3 is 6.61 Å². The molecule has 0 saturated heterocycles. The van der Waals surface area contributed by atoms with Crippen LogP contribution in [0.15, 0.2) is 42.5 Å². The van der Waals surface area contributed by atoms with Crippen molar-refractivity contribution in [3.63, 3.8) is 0 Å². The van der Waals surface area contributed by atoms with Crippen LogP contribution < -0.4 is 9.46 Å². The number of nitrogens with zero attached hydrogens (tertiary/aromatic N) is 2. The molecule has 1 N–H and O–H groups in total. The van der Waals surface area contributed by atoms with Gasteiger partial charge in [0.05, 0.1) is 22.0 Å². The highest BCUT2D eigenvalue weighted by Gasteiger charge is 2.31. The number of fused-ring (bicyclic) bond motifs is 1. The summed E-state index contributed by atoms with van der Waals surface area (Å²) in [6.45, 7) is -2.93. The van der Waals surface area contributed by atoms with Crippen molar-refractivity contribution in [2.75, 3.05) is 4.72 Å². The fraction of sp³-hybridized carbons (Fsp3) is 0.375. The van der Waals surface area contributed by atoms with Gasteiger partial charge in [0.2, 0.25) is 10.0 Å². The molecule has 2 saturated carbocycles. The van der Waals surface area contributed by atoms with Crippen LogP contribution in [0.4, 0.5) is 14.5 Å². The Balaban J connectivity index is 1.57. The van der Waals surface area contributed by atoms with E-state index in [2.05, 4.69) is 15.5 Å². The number of nitriles is 1. The maximum absolute atomic E-state index is 12.8. The van der Waals surface area contributed by atoms with Crippen LogP contribution in [0.5, 0.6) is 5.75 Å². The number of rotatable bonds is 7. The molecule has 0 amide bonds. The highest BCUT2D eigenvalue weighted by molar-refractivity contribution is 7.93. The van der Waals surface area contributed by atoms with Gasteiger partial charge < -0.3 is 9.30 Å². The van der Waals surface area contributed by atoms with E-state index in [9.17, 15) is 22.5 Å². The fourth-order valence-electron chi connectivity index (χ4n) is 4.51. The average molecular weight is 472 g/mol. The summed E-state index contributed by atoms with van der Waals surface area (Å²) in [6.07, 6.45) is 5.20. The normalized spacial score (nSPS) is 16.9. The van der Waals surface area contributed by atoms with Gasteiger partial charge in [0.25, 0.3) is 0 Å². The molecule has 0 bridgehead atoms. The smallest absolute Gasteiger partial charge is 0.387 e. The number of benzene rings is 2. The molecule has 5 rings (SSSR count). The quantitative estimate of drug-likeness (QED) is 0.472. The molecule has 2 aliphatic carbocycles. The maximum atomic E-state index is 12.8. The summed E-state index contributed by atoms with van der Waals surface area (Å²) in [5.41, 5.74) is 3.09. The van der Waals surface area contributed by atoms with Crippen LogP contribution >= 0.6 is 0 Å². The second kappa shape index (κ2) is 8.34. The van der Waals surface area contributed by atoms with Crippen LogP contribution in [0.2, 0.25) is 0 Å². The fourth-order valence-corrected chi connectivity index (χ4v) is 6.10. The predicted octanol–water partition coefficient (Wildman–Crippen LogP) is 5.80. The largest absolute Gasteiger partial charge is 0.435 e. The molecule has 0 unspecified atom stereocenters. The average Bonchev–Trinajstić information content (AvgIpc) is 2.98. The van der Waals surface area contributed by atoms with E-state index in [4.69, 9.17) is 0 Å². The van der Waals surface area contributed by atoms with Crippen molar-refractivity contribution in [2.24, 2.45) is 0 Å². The first-order valence-electron chi connectivity index (χ1n) is 11.0. The van der Waals surface area contributed by atoms with E-state index in [1.165, 1.54) is 6.07 Å². The number of halogens is 2. The van der Waals surface area contributed by atoms with Crippen molar-refractivity contribution < 1.29 is 21.9 Å². The minimum Gasteiger partial charge on any atom is -0.435 e. The number of sulfonamides is 1. The Bertz CT molecular complexity index is 1340. The van der Waals surface area contributed by atoms with E-state index in [0.29, 0.717) is 40.7 Å². The van der Waals surface area contributed by atoms with Crippen molar-refractivity contribution in [3.05, 3.63) is 48.0 Å². The van der Waals surface area contributed by atoms with Crippen molar-refractivity contribution in [2.45, 2.75) is 56.4 Å². The number of hydrogen-bond acceptors (Lipinski definition) is 4. The lowest BCUT2D eigenvalue weighted by Gasteiger charge is -2.30. The first-order chi connectivity index (χ1) is 15.9. The molecule has 1 heterocycles. The molecule has 0 radical (unpaired) electrons. The van der Waals surface area contributed by atoms with Crippen molar-refractivity contribution in [1.82, 2.24) is 4.57 Å². The van der Waals surface area contributed by atoms with Crippen LogP contribution in [-0.4, -0.2) is 24.8 Å². The number of alkyl halides is 2. The van der Waals surface area contributed by atoms with Gasteiger partial charge in [-0.25, -0.2) is 8.42 Å². The number of aromatic nitrogens is 1. The van der Waals surface area contributed by atoms with Crippen LogP contribution in [0, 0.1) is 11.3 Å². The molecule has 172 valence electrons. The molecular weight excluding hydrogens is 448 g/mol. The third-order valence-electron chi connectivity index (χ3n) is 6.66. The lowest BCUT2D eigenvalue weighted by Crippen LogP contribution is -2.33. The second-order valence-corrected chi connectivity index (χ2v) is 10.6. The van der Waals surface area contributed by atoms with E-state index in [0.717, 1.165) is 31.2 Å². The lowest BCUT2D eigenvalue weighted by atomic mass is 9.92. The third kappa shape index (κ3) is 3.93. The number of nitrogens with one attached hydrogen (secondary N) is 1. The van der Waals surface area contributed by atoms with E-state index >= 15 is 0 Å². The Morgan fingerprint density at radius 3 is 2.30 bits per heavy atom. The molecule has 33 heavy (non-hydrogen) atoms. The van der Waals surface area contributed by atoms with Gasteiger partial charge in [0.1, 0.15) is 11.8 Å². The Morgan fingerprint density at radius 2 is 1.76 bits per heavy atom. The first-order valence-corrected chi connectivity index (χ1v) is 12.6. The zero-order chi connectivity index (χ0) is 23.2. The Kier molecular flexibility index (Phi) is 5.49. The molecule has 1 aromatic heterocycles. The third-order valence-corrected chi connectivity index (χ3v) is 8.53.